The van der Waals surface area contributed by atoms with E-state index in [0.29, 0.717) is 5.69 Å². The number of hydrogen-bond acceptors (Lipinski definition) is 4. The Morgan fingerprint density at radius 3 is 2.80 bits per heavy atom. The Hall–Kier alpha value is -1.01. The summed E-state index contributed by atoms with van der Waals surface area (Å²) < 4.78 is 25.5. The highest BCUT2D eigenvalue weighted by molar-refractivity contribution is 7.90. The van der Waals surface area contributed by atoms with E-state index < -0.39 is 10.0 Å². The summed E-state index contributed by atoms with van der Waals surface area (Å²) in [5, 5.41) is -0.180. The summed E-state index contributed by atoms with van der Waals surface area (Å²) in [5.41, 5.74) is 1.54. The fourth-order valence-electron chi connectivity index (χ4n) is 1.28. The molecule has 1 aromatic heterocycles. The molecule has 6 heteroatoms. The van der Waals surface area contributed by atoms with Gasteiger partial charge in [-0.05, 0) is 25.8 Å². The van der Waals surface area contributed by atoms with Gasteiger partial charge in [0.05, 0.1) is 17.5 Å². The number of nitrogens with one attached hydrogen (secondary N) is 1. The van der Waals surface area contributed by atoms with E-state index in [1.54, 1.807) is 6.07 Å². The van der Waals surface area contributed by atoms with Crippen molar-refractivity contribution in [3.05, 3.63) is 23.8 Å². The van der Waals surface area contributed by atoms with Crippen molar-refractivity contribution in [3.63, 3.8) is 0 Å². The maximum Gasteiger partial charge on any atom is 0.214 e. The molecule has 15 heavy (non-hydrogen) atoms. The first-order valence-electron chi connectivity index (χ1n) is 4.84. The standard InChI is InChI=1S/C9H13N3O2S/c1-7-4-8(11-6-10-7)5-12-15(13,14)9-2-3-9/h4,6,9,12H,2-3,5H2,1H3. The number of rotatable bonds is 4. The smallest absolute Gasteiger partial charge is 0.214 e. The minimum absolute atomic E-state index is 0.180. The van der Waals surface area contributed by atoms with Crippen LogP contribution in [-0.4, -0.2) is 23.6 Å². The van der Waals surface area contributed by atoms with E-state index in [0.717, 1.165) is 18.5 Å². The van der Waals surface area contributed by atoms with Crippen LogP contribution in [0.4, 0.5) is 0 Å². The topological polar surface area (TPSA) is 72.0 Å². The fourth-order valence-corrected chi connectivity index (χ4v) is 2.62. The lowest BCUT2D eigenvalue weighted by Crippen LogP contribution is -2.27. The van der Waals surface area contributed by atoms with Crippen LogP contribution in [0.1, 0.15) is 24.2 Å². The lowest BCUT2D eigenvalue weighted by atomic mass is 10.3. The molecule has 0 amide bonds. The minimum Gasteiger partial charge on any atom is -0.242 e. The number of aryl methyl sites for hydroxylation is 1. The molecule has 2 rings (SSSR count). The number of nitrogens with zero attached hydrogens (tertiary/aromatic N) is 2. The predicted molar refractivity (Wildman–Crippen MR) is 55.6 cm³/mol. The second-order valence-electron chi connectivity index (χ2n) is 3.72. The van der Waals surface area contributed by atoms with Crippen molar-refractivity contribution in [1.82, 2.24) is 14.7 Å². The van der Waals surface area contributed by atoms with E-state index in [-0.39, 0.29) is 11.8 Å². The van der Waals surface area contributed by atoms with Crippen molar-refractivity contribution in [2.75, 3.05) is 0 Å². The summed E-state index contributed by atoms with van der Waals surface area (Å²) in [5.74, 6) is 0. The van der Waals surface area contributed by atoms with Gasteiger partial charge in [0, 0.05) is 5.69 Å². The van der Waals surface area contributed by atoms with Crippen LogP contribution >= 0.6 is 0 Å². The second-order valence-corrected chi connectivity index (χ2v) is 5.76. The van der Waals surface area contributed by atoms with E-state index in [1.165, 1.54) is 6.33 Å². The Labute approximate surface area is 89.0 Å². The molecule has 0 aromatic carbocycles. The van der Waals surface area contributed by atoms with Crippen molar-refractivity contribution < 1.29 is 8.42 Å². The van der Waals surface area contributed by atoms with Crippen LogP contribution in [0.2, 0.25) is 0 Å². The molecule has 1 aliphatic carbocycles. The van der Waals surface area contributed by atoms with Gasteiger partial charge in [-0.25, -0.2) is 23.1 Å². The second kappa shape index (κ2) is 3.86. The summed E-state index contributed by atoms with van der Waals surface area (Å²) in [6.07, 6.45) is 2.99. The molecule has 0 radical (unpaired) electrons. The molecule has 5 nitrogen and oxygen atoms in total. The lowest BCUT2D eigenvalue weighted by Gasteiger charge is -2.04. The van der Waals surface area contributed by atoms with Gasteiger partial charge in [0.2, 0.25) is 10.0 Å². The predicted octanol–water partition coefficient (Wildman–Crippen LogP) is 0.367. The van der Waals surface area contributed by atoms with E-state index in [2.05, 4.69) is 14.7 Å². The van der Waals surface area contributed by atoms with Gasteiger partial charge in [-0.15, -0.1) is 0 Å². The van der Waals surface area contributed by atoms with Gasteiger partial charge in [0.25, 0.3) is 0 Å². The molecule has 0 atom stereocenters. The van der Waals surface area contributed by atoms with Crippen LogP contribution in [0, 0.1) is 6.92 Å². The molecule has 0 aliphatic heterocycles. The van der Waals surface area contributed by atoms with Crippen LogP contribution in [-0.2, 0) is 16.6 Å². The number of hydrogen-bond donors (Lipinski definition) is 1. The van der Waals surface area contributed by atoms with Crippen LogP contribution < -0.4 is 4.72 Å². The van der Waals surface area contributed by atoms with Crippen molar-refractivity contribution in [3.8, 4) is 0 Å². The molecule has 0 unspecified atom stereocenters. The average Bonchev–Trinajstić information content (AvgIpc) is 2.98. The Kier molecular flexibility index (Phi) is 2.70. The quantitative estimate of drug-likeness (QED) is 0.806. The van der Waals surface area contributed by atoms with Gasteiger partial charge in [-0.3, -0.25) is 0 Å². The van der Waals surface area contributed by atoms with Crippen LogP contribution in [0.15, 0.2) is 12.4 Å². The molecule has 0 bridgehead atoms. The molecule has 0 saturated heterocycles. The zero-order valence-corrected chi connectivity index (χ0v) is 9.29. The van der Waals surface area contributed by atoms with Crippen LogP contribution in [0.3, 0.4) is 0 Å². The molecule has 1 saturated carbocycles. The van der Waals surface area contributed by atoms with Gasteiger partial charge in [0.15, 0.2) is 0 Å². The Bertz CT molecular complexity index is 454. The molecule has 82 valence electrons. The molecule has 1 aromatic rings. The zero-order chi connectivity index (χ0) is 10.9. The molecule has 1 aliphatic rings. The molecule has 0 spiro atoms. The Morgan fingerprint density at radius 2 is 2.20 bits per heavy atom. The zero-order valence-electron chi connectivity index (χ0n) is 8.47. The normalized spacial score (nSPS) is 16.6. The van der Waals surface area contributed by atoms with E-state index >= 15 is 0 Å². The lowest BCUT2D eigenvalue weighted by molar-refractivity contribution is 0.579. The highest BCUT2D eigenvalue weighted by Crippen LogP contribution is 2.27. The van der Waals surface area contributed by atoms with E-state index in [9.17, 15) is 8.42 Å². The monoisotopic (exact) mass is 227 g/mol. The van der Waals surface area contributed by atoms with Crippen molar-refractivity contribution in [1.29, 1.82) is 0 Å². The Balaban J connectivity index is 1.98. The SMILES string of the molecule is Cc1cc(CNS(=O)(=O)C2CC2)ncn1. The first-order valence-corrected chi connectivity index (χ1v) is 6.38. The summed E-state index contributed by atoms with van der Waals surface area (Å²) in [6.45, 7) is 2.10. The molecular weight excluding hydrogens is 214 g/mol. The molecule has 1 heterocycles. The fraction of sp³-hybridized carbons (Fsp3) is 0.556. The highest BCUT2D eigenvalue weighted by atomic mass is 32.2. The third-order valence-corrected chi connectivity index (χ3v) is 4.17. The van der Waals surface area contributed by atoms with Crippen LogP contribution in [0.5, 0.6) is 0 Å². The third-order valence-electron chi connectivity index (χ3n) is 2.28. The van der Waals surface area contributed by atoms with Gasteiger partial charge in [0.1, 0.15) is 6.33 Å². The maximum absolute atomic E-state index is 11.5. The summed E-state index contributed by atoms with van der Waals surface area (Å²) >= 11 is 0. The summed E-state index contributed by atoms with van der Waals surface area (Å²) in [4.78, 5) is 7.93. The molecule has 1 fully saturated rings. The first-order chi connectivity index (χ1) is 7.08. The average molecular weight is 227 g/mol. The largest absolute Gasteiger partial charge is 0.242 e. The van der Waals surface area contributed by atoms with Gasteiger partial charge < -0.3 is 0 Å². The number of sulfonamides is 1. The van der Waals surface area contributed by atoms with E-state index in [4.69, 9.17) is 0 Å². The molecule has 1 N–H and O–H groups in total. The number of aromatic nitrogens is 2. The Morgan fingerprint density at radius 1 is 1.47 bits per heavy atom. The third kappa shape index (κ3) is 2.73. The van der Waals surface area contributed by atoms with Crippen molar-refractivity contribution >= 4 is 10.0 Å². The van der Waals surface area contributed by atoms with Crippen molar-refractivity contribution in [2.45, 2.75) is 31.6 Å². The van der Waals surface area contributed by atoms with Crippen LogP contribution in [0.25, 0.3) is 0 Å². The van der Waals surface area contributed by atoms with Crippen molar-refractivity contribution in [2.24, 2.45) is 0 Å². The molecular formula is C9H13N3O2S. The maximum atomic E-state index is 11.5. The summed E-state index contributed by atoms with van der Waals surface area (Å²) in [6, 6.07) is 1.77. The minimum atomic E-state index is -3.11. The highest BCUT2D eigenvalue weighted by Gasteiger charge is 2.35. The summed E-state index contributed by atoms with van der Waals surface area (Å²) in [7, 11) is -3.11. The first kappa shape index (κ1) is 10.5. The van der Waals surface area contributed by atoms with Gasteiger partial charge in [-0.2, -0.15) is 0 Å². The van der Waals surface area contributed by atoms with Gasteiger partial charge >= 0.3 is 0 Å². The van der Waals surface area contributed by atoms with Gasteiger partial charge in [-0.1, -0.05) is 0 Å². The van der Waals surface area contributed by atoms with E-state index in [1.807, 2.05) is 6.92 Å².